The van der Waals surface area contributed by atoms with E-state index in [0.717, 1.165) is 15.7 Å². The summed E-state index contributed by atoms with van der Waals surface area (Å²) >= 11 is 3.31. The number of rotatable bonds is 4. The van der Waals surface area contributed by atoms with Gasteiger partial charge >= 0.3 is 0 Å². The van der Waals surface area contributed by atoms with Gasteiger partial charge in [-0.1, -0.05) is 18.2 Å². The molecule has 0 saturated carbocycles. The second-order valence-electron chi connectivity index (χ2n) is 3.87. The van der Waals surface area contributed by atoms with Gasteiger partial charge in [-0.3, -0.25) is 0 Å². The topological polar surface area (TPSA) is 35.2 Å². The zero-order valence-corrected chi connectivity index (χ0v) is 11.3. The summed E-state index contributed by atoms with van der Waals surface area (Å²) in [5.41, 5.74) is 7.61. The normalized spacial score (nSPS) is 10.3. The molecule has 0 aromatic heterocycles. The van der Waals surface area contributed by atoms with Crippen LogP contribution in [0, 0.1) is 5.82 Å². The lowest BCUT2D eigenvalue weighted by Crippen LogP contribution is -2.04. The first-order valence-corrected chi connectivity index (χ1v) is 6.37. The van der Waals surface area contributed by atoms with Crippen LogP contribution < -0.4 is 10.5 Å². The van der Waals surface area contributed by atoms with Crippen molar-refractivity contribution in [2.75, 3.05) is 12.3 Å². The summed E-state index contributed by atoms with van der Waals surface area (Å²) in [5, 5.41) is 0. The Bertz CT molecular complexity index is 545. The third-order valence-corrected chi connectivity index (χ3v) is 3.23. The summed E-state index contributed by atoms with van der Waals surface area (Å²) in [7, 11) is 0. The lowest BCUT2D eigenvalue weighted by Gasteiger charge is -2.09. The zero-order valence-electron chi connectivity index (χ0n) is 9.70. The molecule has 0 radical (unpaired) electrons. The van der Waals surface area contributed by atoms with Crippen molar-refractivity contribution in [3.8, 4) is 5.75 Å². The molecular weight excluding hydrogens is 297 g/mol. The lowest BCUT2D eigenvalue weighted by molar-refractivity contribution is 0.318. The summed E-state index contributed by atoms with van der Waals surface area (Å²) in [6.45, 7) is 0.455. The van der Waals surface area contributed by atoms with E-state index in [4.69, 9.17) is 10.5 Å². The van der Waals surface area contributed by atoms with E-state index in [1.165, 1.54) is 12.1 Å². The second-order valence-corrected chi connectivity index (χ2v) is 4.73. The molecule has 0 fully saturated rings. The maximum Gasteiger partial charge on any atom is 0.136 e. The van der Waals surface area contributed by atoms with Gasteiger partial charge in [-0.05, 0) is 39.7 Å². The third-order valence-electron chi connectivity index (χ3n) is 2.58. The fraction of sp³-hybridized carbons (Fsp3) is 0.143. The maximum atomic E-state index is 13.0. The summed E-state index contributed by atoms with van der Waals surface area (Å²) in [6, 6.07) is 12.0. The van der Waals surface area contributed by atoms with Crippen molar-refractivity contribution in [1.29, 1.82) is 0 Å². The van der Waals surface area contributed by atoms with Crippen LogP contribution in [-0.2, 0) is 6.42 Å². The average Bonchev–Trinajstić information content (AvgIpc) is 2.36. The second kappa shape index (κ2) is 5.87. The first-order chi connectivity index (χ1) is 8.66. The summed E-state index contributed by atoms with van der Waals surface area (Å²) in [5.74, 6) is 0.192. The minimum absolute atomic E-state index is 0.313. The number of anilines is 1. The van der Waals surface area contributed by atoms with Crippen molar-refractivity contribution in [3.05, 3.63) is 58.3 Å². The summed E-state index contributed by atoms with van der Waals surface area (Å²) < 4.78 is 19.3. The third kappa shape index (κ3) is 3.23. The Kier molecular flexibility index (Phi) is 4.20. The summed E-state index contributed by atoms with van der Waals surface area (Å²) in [6.07, 6.45) is 0.690. The molecule has 0 atom stereocenters. The molecule has 2 N–H and O–H groups in total. The SMILES string of the molecule is Nc1ccccc1CCOc1cc(F)ccc1Br. The van der Waals surface area contributed by atoms with Crippen molar-refractivity contribution < 1.29 is 9.13 Å². The fourth-order valence-electron chi connectivity index (χ4n) is 1.62. The smallest absolute Gasteiger partial charge is 0.136 e. The molecule has 2 nitrogen and oxygen atoms in total. The Morgan fingerprint density at radius 1 is 1.17 bits per heavy atom. The molecule has 2 rings (SSSR count). The molecule has 4 heteroatoms. The molecular formula is C14H13BrFNO. The predicted octanol–water partition coefficient (Wildman–Crippen LogP) is 3.79. The largest absolute Gasteiger partial charge is 0.492 e. The molecule has 0 aliphatic carbocycles. The van der Waals surface area contributed by atoms with Crippen LogP contribution in [0.15, 0.2) is 46.9 Å². The van der Waals surface area contributed by atoms with Crippen LogP contribution in [0.5, 0.6) is 5.75 Å². The van der Waals surface area contributed by atoms with E-state index in [-0.39, 0.29) is 5.82 Å². The van der Waals surface area contributed by atoms with Crippen LogP contribution in [0.2, 0.25) is 0 Å². The Hall–Kier alpha value is -1.55. The molecule has 0 spiro atoms. The molecule has 0 amide bonds. The molecule has 18 heavy (non-hydrogen) atoms. The van der Waals surface area contributed by atoms with Crippen LogP contribution >= 0.6 is 15.9 Å². The van der Waals surface area contributed by atoms with E-state index in [1.54, 1.807) is 6.07 Å². The molecule has 2 aromatic carbocycles. The maximum absolute atomic E-state index is 13.0. The number of hydrogen-bond acceptors (Lipinski definition) is 2. The molecule has 0 bridgehead atoms. The number of hydrogen-bond donors (Lipinski definition) is 1. The summed E-state index contributed by atoms with van der Waals surface area (Å²) in [4.78, 5) is 0. The van der Waals surface area contributed by atoms with E-state index >= 15 is 0 Å². The minimum atomic E-state index is -0.313. The van der Waals surface area contributed by atoms with Gasteiger partial charge in [-0.15, -0.1) is 0 Å². The molecule has 0 aliphatic rings. The minimum Gasteiger partial charge on any atom is -0.492 e. The van der Waals surface area contributed by atoms with E-state index in [0.29, 0.717) is 18.8 Å². The van der Waals surface area contributed by atoms with Crippen LogP contribution in [0.4, 0.5) is 10.1 Å². The number of nitrogens with two attached hydrogens (primary N) is 1. The number of benzene rings is 2. The van der Waals surface area contributed by atoms with Gasteiger partial charge in [0, 0.05) is 18.2 Å². The zero-order chi connectivity index (χ0) is 13.0. The van der Waals surface area contributed by atoms with Crippen molar-refractivity contribution in [3.63, 3.8) is 0 Å². The molecule has 0 heterocycles. The Morgan fingerprint density at radius 3 is 2.72 bits per heavy atom. The monoisotopic (exact) mass is 309 g/mol. The first kappa shape index (κ1) is 12.9. The predicted molar refractivity (Wildman–Crippen MR) is 74.2 cm³/mol. The molecule has 2 aromatic rings. The lowest BCUT2D eigenvalue weighted by atomic mass is 10.1. The van der Waals surface area contributed by atoms with E-state index in [1.807, 2.05) is 24.3 Å². The van der Waals surface area contributed by atoms with E-state index < -0.39 is 0 Å². The molecule has 94 valence electrons. The van der Waals surface area contributed by atoms with Gasteiger partial charge in [-0.25, -0.2) is 4.39 Å². The van der Waals surface area contributed by atoms with Gasteiger partial charge < -0.3 is 10.5 Å². The van der Waals surface area contributed by atoms with Crippen molar-refractivity contribution in [1.82, 2.24) is 0 Å². The van der Waals surface area contributed by atoms with Gasteiger partial charge in [0.1, 0.15) is 11.6 Å². The van der Waals surface area contributed by atoms with E-state index in [9.17, 15) is 4.39 Å². The van der Waals surface area contributed by atoms with Crippen LogP contribution in [-0.4, -0.2) is 6.61 Å². The molecule has 0 saturated heterocycles. The first-order valence-electron chi connectivity index (χ1n) is 5.58. The fourth-order valence-corrected chi connectivity index (χ4v) is 1.98. The van der Waals surface area contributed by atoms with Gasteiger partial charge in [0.15, 0.2) is 0 Å². The molecule has 0 aliphatic heterocycles. The average molecular weight is 310 g/mol. The highest BCUT2D eigenvalue weighted by Crippen LogP contribution is 2.25. The Labute approximate surface area is 114 Å². The van der Waals surface area contributed by atoms with Crippen molar-refractivity contribution in [2.45, 2.75) is 6.42 Å². The standard InChI is InChI=1S/C14H13BrFNO/c15-12-6-5-11(16)9-14(12)18-8-7-10-3-1-2-4-13(10)17/h1-6,9H,7-8,17H2. The van der Waals surface area contributed by atoms with Crippen LogP contribution in [0.1, 0.15) is 5.56 Å². The number of ether oxygens (including phenoxy) is 1. The van der Waals surface area contributed by atoms with Crippen LogP contribution in [0.3, 0.4) is 0 Å². The van der Waals surface area contributed by atoms with Gasteiger partial charge in [0.2, 0.25) is 0 Å². The highest BCUT2D eigenvalue weighted by atomic mass is 79.9. The van der Waals surface area contributed by atoms with Crippen molar-refractivity contribution >= 4 is 21.6 Å². The van der Waals surface area contributed by atoms with E-state index in [2.05, 4.69) is 15.9 Å². The van der Waals surface area contributed by atoms with Crippen molar-refractivity contribution in [2.24, 2.45) is 0 Å². The Balaban J connectivity index is 1.96. The molecule has 0 unspecified atom stereocenters. The van der Waals surface area contributed by atoms with Gasteiger partial charge in [0.25, 0.3) is 0 Å². The highest BCUT2D eigenvalue weighted by molar-refractivity contribution is 9.10. The number of para-hydroxylation sites is 1. The Morgan fingerprint density at radius 2 is 1.94 bits per heavy atom. The van der Waals surface area contributed by atoms with Crippen LogP contribution in [0.25, 0.3) is 0 Å². The van der Waals surface area contributed by atoms with Gasteiger partial charge in [0.05, 0.1) is 11.1 Å². The number of halogens is 2. The van der Waals surface area contributed by atoms with Gasteiger partial charge in [-0.2, -0.15) is 0 Å². The quantitative estimate of drug-likeness (QED) is 0.872. The highest BCUT2D eigenvalue weighted by Gasteiger charge is 2.04. The number of nitrogen functional groups attached to an aromatic ring is 1.